The molecule has 1 saturated heterocycles. The molecule has 0 saturated carbocycles. The Hall–Kier alpha value is -1.13. The highest BCUT2D eigenvalue weighted by atomic mass is 16.5. The molecule has 0 amide bonds. The highest BCUT2D eigenvalue weighted by Gasteiger charge is 2.24. The van der Waals surface area contributed by atoms with Gasteiger partial charge in [-0.2, -0.15) is 0 Å². The van der Waals surface area contributed by atoms with Gasteiger partial charge in [-0.05, 0) is 30.9 Å². The summed E-state index contributed by atoms with van der Waals surface area (Å²) in [5, 5.41) is 9.42. The molecule has 1 aliphatic rings. The highest BCUT2D eigenvalue weighted by Crippen LogP contribution is 2.24. The van der Waals surface area contributed by atoms with E-state index in [0.29, 0.717) is 12.5 Å². The Morgan fingerprint density at radius 1 is 1.47 bits per heavy atom. The van der Waals surface area contributed by atoms with E-state index in [4.69, 9.17) is 9.47 Å². The molecule has 0 spiro atoms. The summed E-state index contributed by atoms with van der Waals surface area (Å²) in [6, 6.07) is 3.73. The van der Waals surface area contributed by atoms with Crippen LogP contribution in [0.15, 0.2) is 24.5 Å². The van der Waals surface area contributed by atoms with Crippen LogP contribution in [0.25, 0.3) is 0 Å². The summed E-state index contributed by atoms with van der Waals surface area (Å²) in [5.74, 6) is 1.46. The minimum atomic E-state index is 0.172. The third-order valence-electron chi connectivity index (χ3n) is 3.27. The normalized spacial score (nSPS) is 18.9. The fraction of sp³-hybridized carbons (Fsp3) is 0.615. The highest BCUT2D eigenvalue weighted by molar-refractivity contribution is 5.15. The second-order valence-electron chi connectivity index (χ2n) is 4.39. The maximum Gasteiger partial charge on any atom is 0.137 e. The second kappa shape index (κ2) is 6.57. The predicted octanol–water partition coefficient (Wildman–Crippen LogP) is 1.50. The number of aliphatic hydroxyl groups is 1. The van der Waals surface area contributed by atoms with Gasteiger partial charge in [0.1, 0.15) is 5.75 Å². The lowest BCUT2D eigenvalue weighted by Crippen LogP contribution is -2.30. The number of nitrogens with zero attached hydrogens (tertiary/aromatic N) is 1. The van der Waals surface area contributed by atoms with E-state index in [9.17, 15) is 5.11 Å². The average Bonchev–Trinajstić information content (AvgIpc) is 2.42. The fourth-order valence-electron chi connectivity index (χ4n) is 2.16. The maximum atomic E-state index is 9.42. The van der Waals surface area contributed by atoms with E-state index in [0.717, 1.165) is 31.8 Å². The summed E-state index contributed by atoms with van der Waals surface area (Å²) in [6.45, 7) is 2.32. The van der Waals surface area contributed by atoms with Gasteiger partial charge in [0, 0.05) is 31.9 Å². The standard InChI is InChI=1S/C13H19NO3/c15-9-12(11-3-6-16-7-4-11)10-17-13-2-1-5-14-8-13/h1-2,5,8,11-12,15H,3-4,6-7,9-10H2. The first-order chi connectivity index (χ1) is 8.40. The molecule has 1 aliphatic heterocycles. The molecule has 1 aromatic rings. The van der Waals surface area contributed by atoms with Gasteiger partial charge in [-0.15, -0.1) is 0 Å². The quantitative estimate of drug-likeness (QED) is 0.843. The van der Waals surface area contributed by atoms with Gasteiger partial charge in [0.05, 0.1) is 12.8 Å². The largest absolute Gasteiger partial charge is 0.492 e. The van der Waals surface area contributed by atoms with Gasteiger partial charge in [0.2, 0.25) is 0 Å². The Bertz CT molecular complexity index is 312. The summed E-state index contributed by atoms with van der Waals surface area (Å²) < 4.78 is 11.0. The summed E-state index contributed by atoms with van der Waals surface area (Å²) in [7, 11) is 0. The maximum absolute atomic E-state index is 9.42. The van der Waals surface area contributed by atoms with Crippen LogP contribution < -0.4 is 4.74 Å². The molecule has 1 unspecified atom stereocenters. The molecule has 0 bridgehead atoms. The summed E-state index contributed by atoms with van der Waals surface area (Å²) >= 11 is 0. The Morgan fingerprint density at radius 2 is 2.29 bits per heavy atom. The average molecular weight is 237 g/mol. The Labute approximate surface area is 102 Å². The van der Waals surface area contributed by atoms with Crippen LogP contribution in [0.3, 0.4) is 0 Å². The molecule has 1 fully saturated rings. The fourth-order valence-corrected chi connectivity index (χ4v) is 2.16. The lowest BCUT2D eigenvalue weighted by atomic mass is 9.87. The first-order valence-corrected chi connectivity index (χ1v) is 6.11. The number of rotatable bonds is 5. The first-order valence-electron chi connectivity index (χ1n) is 6.11. The first kappa shape index (κ1) is 12.3. The van der Waals surface area contributed by atoms with E-state index in [2.05, 4.69) is 4.98 Å². The van der Waals surface area contributed by atoms with Crippen molar-refractivity contribution >= 4 is 0 Å². The number of ether oxygens (including phenoxy) is 2. The Kier molecular flexibility index (Phi) is 4.76. The van der Waals surface area contributed by atoms with Crippen LogP contribution in [0.5, 0.6) is 5.75 Å². The van der Waals surface area contributed by atoms with Gasteiger partial charge in [0.25, 0.3) is 0 Å². The molecule has 0 aliphatic carbocycles. The Balaban J connectivity index is 1.82. The van der Waals surface area contributed by atoms with Crippen molar-refractivity contribution in [2.24, 2.45) is 11.8 Å². The van der Waals surface area contributed by atoms with Crippen LogP contribution in [-0.2, 0) is 4.74 Å². The number of aromatic nitrogens is 1. The molecule has 2 rings (SSSR count). The van der Waals surface area contributed by atoms with Gasteiger partial charge in [0.15, 0.2) is 0 Å². The molecule has 4 nitrogen and oxygen atoms in total. The van der Waals surface area contributed by atoms with E-state index in [1.165, 1.54) is 0 Å². The van der Waals surface area contributed by atoms with Crippen LogP contribution in [0.1, 0.15) is 12.8 Å². The van der Waals surface area contributed by atoms with E-state index < -0.39 is 0 Å². The molecular weight excluding hydrogens is 218 g/mol. The minimum Gasteiger partial charge on any atom is -0.492 e. The van der Waals surface area contributed by atoms with Gasteiger partial charge in [-0.25, -0.2) is 0 Å². The van der Waals surface area contributed by atoms with Crippen molar-refractivity contribution < 1.29 is 14.6 Å². The Morgan fingerprint density at radius 3 is 2.94 bits per heavy atom. The molecular formula is C13H19NO3. The lowest BCUT2D eigenvalue weighted by molar-refractivity contribution is 0.0199. The monoisotopic (exact) mass is 237 g/mol. The molecule has 1 N–H and O–H groups in total. The number of hydrogen-bond donors (Lipinski definition) is 1. The summed E-state index contributed by atoms with van der Waals surface area (Å²) in [6.07, 6.45) is 5.44. The minimum absolute atomic E-state index is 0.172. The molecule has 2 heterocycles. The molecule has 1 atom stereocenters. The number of hydrogen-bond acceptors (Lipinski definition) is 4. The number of pyridine rings is 1. The van der Waals surface area contributed by atoms with E-state index in [1.807, 2.05) is 12.1 Å². The second-order valence-corrected chi connectivity index (χ2v) is 4.39. The summed E-state index contributed by atoms with van der Waals surface area (Å²) in [4.78, 5) is 3.99. The molecule has 17 heavy (non-hydrogen) atoms. The van der Waals surface area contributed by atoms with Crippen LogP contribution >= 0.6 is 0 Å². The lowest BCUT2D eigenvalue weighted by Gasteiger charge is -2.28. The van der Waals surface area contributed by atoms with Crippen LogP contribution in [0, 0.1) is 11.8 Å². The van der Waals surface area contributed by atoms with Crippen LogP contribution in [-0.4, -0.2) is 36.5 Å². The molecule has 1 aromatic heterocycles. The SMILES string of the molecule is OCC(COc1cccnc1)C1CCOCC1. The van der Waals surface area contributed by atoms with Crippen molar-refractivity contribution in [2.75, 3.05) is 26.4 Å². The van der Waals surface area contributed by atoms with Crippen molar-refractivity contribution in [3.05, 3.63) is 24.5 Å². The van der Waals surface area contributed by atoms with Crippen molar-refractivity contribution in [2.45, 2.75) is 12.8 Å². The third-order valence-corrected chi connectivity index (χ3v) is 3.27. The van der Waals surface area contributed by atoms with Crippen molar-refractivity contribution in [3.63, 3.8) is 0 Å². The summed E-state index contributed by atoms with van der Waals surface area (Å²) in [5.41, 5.74) is 0. The zero-order valence-corrected chi connectivity index (χ0v) is 9.92. The molecule has 0 aromatic carbocycles. The smallest absolute Gasteiger partial charge is 0.137 e. The van der Waals surface area contributed by atoms with Gasteiger partial charge >= 0.3 is 0 Å². The van der Waals surface area contributed by atoms with Crippen LogP contribution in [0.2, 0.25) is 0 Å². The topological polar surface area (TPSA) is 51.6 Å². The predicted molar refractivity (Wildman–Crippen MR) is 63.9 cm³/mol. The molecule has 0 radical (unpaired) electrons. The van der Waals surface area contributed by atoms with E-state index >= 15 is 0 Å². The number of aliphatic hydroxyl groups excluding tert-OH is 1. The van der Waals surface area contributed by atoms with Gasteiger partial charge < -0.3 is 14.6 Å². The zero-order valence-electron chi connectivity index (χ0n) is 9.92. The van der Waals surface area contributed by atoms with E-state index in [-0.39, 0.29) is 12.5 Å². The third kappa shape index (κ3) is 3.68. The van der Waals surface area contributed by atoms with Crippen molar-refractivity contribution in [3.8, 4) is 5.75 Å². The van der Waals surface area contributed by atoms with Gasteiger partial charge in [-0.1, -0.05) is 0 Å². The van der Waals surface area contributed by atoms with Gasteiger partial charge in [-0.3, -0.25) is 4.98 Å². The zero-order chi connectivity index (χ0) is 11.9. The van der Waals surface area contributed by atoms with Crippen LogP contribution in [0.4, 0.5) is 0 Å². The van der Waals surface area contributed by atoms with Crippen molar-refractivity contribution in [1.29, 1.82) is 0 Å². The molecule has 94 valence electrons. The molecule has 4 heteroatoms. The van der Waals surface area contributed by atoms with E-state index in [1.54, 1.807) is 12.4 Å². The van der Waals surface area contributed by atoms with Crippen molar-refractivity contribution in [1.82, 2.24) is 4.98 Å².